The monoisotopic (exact) mass is 200 g/mol. The standard InChI is InChI=1S/C11H24N2O/c1-5-9-13(4)11(14)7-6-8-12-10(2)3/h10,12H,5-9H2,1-4H3. The van der Waals surface area contributed by atoms with Crippen LogP contribution >= 0.6 is 0 Å². The van der Waals surface area contributed by atoms with Crippen LogP contribution in [0.3, 0.4) is 0 Å². The van der Waals surface area contributed by atoms with Crippen molar-refractivity contribution in [3.8, 4) is 0 Å². The number of nitrogens with one attached hydrogen (secondary N) is 1. The minimum Gasteiger partial charge on any atom is -0.346 e. The summed E-state index contributed by atoms with van der Waals surface area (Å²) < 4.78 is 0. The number of hydrogen-bond donors (Lipinski definition) is 1. The van der Waals surface area contributed by atoms with Crippen LogP contribution in [-0.2, 0) is 4.79 Å². The van der Waals surface area contributed by atoms with Crippen molar-refractivity contribution in [1.82, 2.24) is 10.2 Å². The van der Waals surface area contributed by atoms with Crippen LogP contribution in [0.25, 0.3) is 0 Å². The molecule has 0 aromatic carbocycles. The lowest BCUT2D eigenvalue weighted by Crippen LogP contribution is -2.29. The van der Waals surface area contributed by atoms with Gasteiger partial charge in [-0.25, -0.2) is 0 Å². The zero-order valence-corrected chi connectivity index (χ0v) is 9.97. The molecule has 0 unspecified atom stereocenters. The SMILES string of the molecule is CCCN(C)C(=O)CCCNC(C)C. The van der Waals surface area contributed by atoms with Gasteiger partial charge in [0.25, 0.3) is 0 Å². The molecule has 0 radical (unpaired) electrons. The van der Waals surface area contributed by atoms with E-state index in [1.165, 1.54) is 0 Å². The summed E-state index contributed by atoms with van der Waals surface area (Å²) in [7, 11) is 1.88. The predicted octanol–water partition coefficient (Wildman–Crippen LogP) is 1.63. The summed E-state index contributed by atoms with van der Waals surface area (Å²) in [6.45, 7) is 8.12. The normalized spacial score (nSPS) is 10.6. The Morgan fingerprint density at radius 3 is 2.57 bits per heavy atom. The highest BCUT2D eigenvalue weighted by Gasteiger charge is 2.06. The Labute approximate surface area is 87.9 Å². The van der Waals surface area contributed by atoms with Crippen molar-refractivity contribution in [2.75, 3.05) is 20.1 Å². The van der Waals surface area contributed by atoms with Crippen LogP contribution in [0.5, 0.6) is 0 Å². The van der Waals surface area contributed by atoms with E-state index in [4.69, 9.17) is 0 Å². The number of carbonyl (C=O) groups excluding carboxylic acids is 1. The van der Waals surface area contributed by atoms with E-state index >= 15 is 0 Å². The molecule has 0 atom stereocenters. The van der Waals surface area contributed by atoms with Crippen molar-refractivity contribution in [2.24, 2.45) is 0 Å². The predicted molar refractivity (Wildman–Crippen MR) is 60.3 cm³/mol. The van der Waals surface area contributed by atoms with Crippen LogP contribution < -0.4 is 5.32 Å². The average molecular weight is 200 g/mol. The lowest BCUT2D eigenvalue weighted by Gasteiger charge is -2.16. The molecule has 3 heteroatoms. The molecule has 0 aliphatic heterocycles. The average Bonchev–Trinajstić information content (AvgIpc) is 2.12. The molecule has 1 N–H and O–H groups in total. The van der Waals surface area contributed by atoms with Crippen LogP contribution in [0.2, 0.25) is 0 Å². The highest BCUT2D eigenvalue weighted by atomic mass is 16.2. The van der Waals surface area contributed by atoms with Crippen molar-refractivity contribution in [2.45, 2.75) is 46.1 Å². The van der Waals surface area contributed by atoms with Gasteiger partial charge in [0.1, 0.15) is 0 Å². The van der Waals surface area contributed by atoms with Crippen molar-refractivity contribution in [3.05, 3.63) is 0 Å². The number of nitrogens with zero attached hydrogens (tertiary/aromatic N) is 1. The zero-order chi connectivity index (χ0) is 11.0. The Kier molecular flexibility index (Phi) is 7.48. The number of amides is 1. The summed E-state index contributed by atoms with van der Waals surface area (Å²) >= 11 is 0. The molecule has 1 amide bonds. The van der Waals surface area contributed by atoms with Gasteiger partial charge in [-0.05, 0) is 19.4 Å². The van der Waals surface area contributed by atoms with Crippen molar-refractivity contribution in [1.29, 1.82) is 0 Å². The fourth-order valence-electron chi connectivity index (χ4n) is 1.28. The van der Waals surface area contributed by atoms with Gasteiger partial charge in [-0.3, -0.25) is 4.79 Å². The van der Waals surface area contributed by atoms with Gasteiger partial charge in [0.05, 0.1) is 0 Å². The topological polar surface area (TPSA) is 32.3 Å². The molecular weight excluding hydrogens is 176 g/mol. The third-order valence-electron chi connectivity index (χ3n) is 2.10. The molecule has 0 rings (SSSR count). The van der Waals surface area contributed by atoms with E-state index in [1.807, 2.05) is 11.9 Å². The summed E-state index contributed by atoms with van der Waals surface area (Å²) in [5.41, 5.74) is 0. The number of hydrogen-bond acceptors (Lipinski definition) is 2. The van der Waals surface area contributed by atoms with Crippen LogP contribution in [0.15, 0.2) is 0 Å². The second-order valence-corrected chi connectivity index (χ2v) is 4.03. The Morgan fingerprint density at radius 1 is 1.43 bits per heavy atom. The van der Waals surface area contributed by atoms with E-state index in [2.05, 4.69) is 26.1 Å². The highest BCUT2D eigenvalue weighted by Crippen LogP contribution is 1.96. The minimum atomic E-state index is 0.261. The second kappa shape index (κ2) is 7.80. The Hall–Kier alpha value is -0.570. The molecule has 0 saturated heterocycles. The van der Waals surface area contributed by atoms with Crippen molar-refractivity contribution in [3.63, 3.8) is 0 Å². The first-order valence-electron chi connectivity index (χ1n) is 5.55. The van der Waals surface area contributed by atoms with E-state index in [-0.39, 0.29) is 5.91 Å². The molecule has 0 heterocycles. The molecule has 0 saturated carbocycles. The van der Waals surface area contributed by atoms with Crippen molar-refractivity contribution < 1.29 is 4.79 Å². The van der Waals surface area contributed by atoms with Gasteiger partial charge in [0, 0.05) is 26.1 Å². The van der Waals surface area contributed by atoms with Gasteiger partial charge in [0.15, 0.2) is 0 Å². The van der Waals surface area contributed by atoms with Gasteiger partial charge in [0.2, 0.25) is 5.91 Å². The zero-order valence-electron chi connectivity index (χ0n) is 9.97. The maximum absolute atomic E-state index is 11.5. The summed E-state index contributed by atoms with van der Waals surface area (Å²) in [4.78, 5) is 13.3. The quantitative estimate of drug-likeness (QED) is 0.634. The van der Waals surface area contributed by atoms with Crippen LogP contribution in [0.1, 0.15) is 40.0 Å². The molecular formula is C11H24N2O. The van der Waals surface area contributed by atoms with E-state index in [1.54, 1.807) is 0 Å². The van der Waals surface area contributed by atoms with E-state index in [9.17, 15) is 4.79 Å². The van der Waals surface area contributed by atoms with Gasteiger partial charge in [-0.15, -0.1) is 0 Å². The molecule has 0 aliphatic carbocycles. The number of carbonyl (C=O) groups is 1. The third-order valence-corrected chi connectivity index (χ3v) is 2.10. The molecule has 0 aromatic heterocycles. The first-order chi connectivity index (χ1) is 6.57. The first kappa shape index (κ1) is 13.4. The summed E-state index contributed by atoms with van der Waals surface area (Å²) in [5, 5.41) is 3.30. The molecule has 0 spiro atoms. The van der Waals surface area contributed by atoms with Gasteiger partial charge in [-0.2, -0.15) is 0 Å². The lowest BCUT2D eigenvalue weighted by atomic mass is 10.2. The Bertz CT molecular complexity index is 157. The largest absolute Gasteiger partial charge is 0.346 e. The Morgan fingerprint density at radius 2 is 2.07 bits per heavy atom. The molecule has 0 fully saturated rings. The van der Waals surface area contributed by atoms with Crippen molar-refractivity contribution >= 4 is 5.91 Å². The summed E-state index contributed by atoms with van der Waals surface area (Å²) in [6.07, 6.45) is 2.63. The van der Waals surface area contributed by atoms with Gasteiger partial charge >= 0.3 is 0 Å². The van der Waals surface area contributed by atoms with E-state index in [0.717, 1.165) is 25.9 Å². The van der Waals surface area contributed by atoms with Gasteiger partial charge < -0.3 is 10.2 Å². The fraction of sp³-hybridized carbons (Fsp3) is 0.909. The minimum absolute atomic E-state index is 0.261. The third kappa shape index (κ3) is 6.89. The van der Waals surface area contributed by atoms with Crippen LogP contribution in [-0.4, -0.2) is 37.0 Å². The van der Waals surface area contributed by atoms with Crippen LogP contribution in [0.4, 0.5) is 0 Å². The highest BCUT2D eigenvalue weighted by molar-refractivity contribution is 5.75. The smallest absolute Gasteiger partial charge is 0.222 e. The van der Waals surface area contributed by atoms with Gasteiger partial charge in [-0.1, -0.05) is 20.8 Å². The van der Waals surface area contributed by atoms with E-state index in [0.29, 0.717) is 12.5 Å². The second-order valence-electron chi connectivity index (χ2n) is 4.03. The molecule has 3 nitrogen and oxygen atoms in total. The lowest BCUT2D eigenvalue weighted by molar-refractivity contribution is -0.130. The summed E-state index contributed by atoms with van der Waals surface area (Å²) in [5.74, 6) is 0.261. The molecule has 0 aliphatic rings. The number of rotatable bonds is 7. The summed E-state index contributed by atoms with van der Waals surface area (Å²) in [6, 6.07) is 0.512. The van der Waals surface area contributed by atoms with Crippen LogP contribution in [0, 0.1) is 0 Å². The van der Waals surface area contributed by atoms with E-state index < -0.39 is 0 Å². The fourth-order valence-corrected chi connectivity index (χ4v) is 1.28. The first-order valence-corrected chi connectivity index (χ1v) is 5.55. The molecule has 0 bridgehead atoms. The molecule has 14 heavy (non-hydrogen) atoms. The Balaban J connectivity index is 3.44. The molecule has 0 aromatic rings. The maximum atomic E-state index is 11.5. The molecule has 84 valence electrons. The maximum Gasteiger partial charge on any atom is 0.222 e.